The van der Waals surface area contributed by atoms with Gasteiger partial charge in [0.05, 0.1) is 17.0 Å². The monoisotopic (exact) mass is 880 g/mol. The number of nitrogens with zero attached hydrogens (tertiary/aromatic N) is 1. The van der Waals surface area contributed by atoms with Crippen LogP contribution in [-0.2, 0) is 0 Å². The summed E-state index contributed by atoms with van der Waals surface area (Å²) in [7, 11) is 0. The van der Waals surface area contributed by atoms with Crippen LogP contribution in [0.1, 0.15) is 38.9 Å². The van der Waals surface area contributed by atoms with E-state index in [1.807, 2.05) is 97.1 Å². The third-order valence-electron chi connectivity index (χ3n) is 9.06. The Labute approximate surface area is 364 Å². The first-order valence-electron chi connectivity index (χ1n) is 16.9. The lowest BCUT2D eigenvalue weighted by Gasteiger charge is -2.25. The van der Waals surface area contributed by atoms with E-state index in [1.165, 1.54) is 0 Å². The molecule has 0 atom stereocenters. The van der Waals surface area contributed by atoms with Crippen LogP contribution in [-0.4, -0.2) is 4.57 Å². The second-order valence-corrected chi connectivity index (χ2v) is 16.0. The second kappa shape index (κ2) is 16.3. The molecule has 0 unspecified atom stereocenters. The van der Waals surface area contributed by atoms with Crippen molar-refractivity contribution in [3.05, 3.63) is 219 Å². The van der Waals surface area contributed by atoms with Gasteiger partial charge in [-0.1, -0.05) is 153 Å². The summed E-state index contributed by atoms with van der Waals surface area (Å²) in [4.78, 5) is 0. The quantitative estimate of drug-likeness (QED) is 0.123. The Bertz CT molecular complexity index is 2720. The third kappa shape index (κ3) is 7.73. The lowest BCUT2D eigenvalue weighted by molar-refractivity contribution is 1.16. The number of hydrogen-bond donors (Lipinski definition) is 0. The summed E-state index contributed by atoms with van der Waals surface area (Å²) >= 11 is 54.6. The zero-order chi connectivity index (χ0) is 39.1. The van der Waals surface area contributed by atoms with Crippen LogP contribution >= 0.6 is 92.8 Å². The van der Waals surface area contributed by atoms with E-state index in [1.54, 1.807) is 24.3 Å². The van der Waals surface area contributed by atoms with Gasteiger partial charge >= 0.3 is 0 Å². The van der Waals surface area contributed by atoms with Gasteiger partial charge in [-0.25, -0.2) is 0 Å². The lowest BCUT2D eigenvalue weighted by atomic mass is 9.84. The minimum absolute atomic E-state index is 0.246. The predicted molar refractivity (Wildman–Crippen MR) is 239 cm³/mol. The van der Waals surface area contributed by atoms with Crippen molar-refractivity contribution < 1.29 is 0 Å². The van der Waals surface area contributed by atoms with Gasteiger partial charge in [-0.2, -0.15) is 0 Å². The average Bonchev–Trinajstić information content (AvgIpc) is 3.49. The Morgan fingerprint density at radius 2 is 0.696 bits per heavy atom. The molecule has 1 radical (unpaired) electrons. The first-order chi connectivity index (χ1) is 27.0. The van der Waals surface area contributed by atoms with Gasteiger partial charge in [0.2, 0.25) is 0 Å². The summed E-state index contributed by atoms with van der Waals surface area (Å²) in [6.45, 7) is 0. The SMILES string of the molecule is Clc1cc(Cl)c([C](c2c(Cl)cc(Cl)cc2Cl)c2c(Cl)cc(-n3c4ccc(C#Cc5ccccc5)cc4c4cc(C#Cc5ccccc5)ccc43)cc2Cl)c(Cl)c1. The van der Waals surface area contributed by atoms with E-state index >= 15 is 0 Å². The maximum Gasteiger partial charge on any atom is 0.0720 e. The topological polar surface area (TPSA) is 4.93 Å². The van der Waals surface area contributed by atoms with Crippen molar-refractivity contribution in [3.63, 3.8) is 0 Å². The molecule has 0 aliphatic rings. The maximum atomic E-state index is 7.29. The number of benzene rings is 7. The molecule has 7 aromatic carbocycles. The summed E-state index contributed by atoms with van der Waals surface area (Å²) < 4.78 is 2.11. The highest BCUT2D eigenvalue weighted by Gasteiger charge is 2.32. The second-order valence-electron chi connectivity index (χ2n) is 12.7. The van der Waals surface area contributed by atoms with E-state index in [9.17, 15) is 0 Å². The highest BCUT2D eigenvalue weighted by atomic mass is 35.5. The normalized spacial score (nSPS) is 11.1. The van der Waals surface area contributed by atoms with E-state index in [-0.39, 0.29) is 30.1 Å². The largest absolute Gasteiger partial charge is 0.309 e. The summed E-state index contributed by atoms with van der Waals surface area (Å²) in [5.74, 6) is 13.6. The van der Waals surface area contributed by atoms with Crippen molar-refractivity contribution in [2.24, 2.45) is 0 Å². The molecular weight excluding hydrogens is 862 g/mol. The molecule has 0 spiro atoms. The molecule has 0 aliphatic heterocycles. The van der Waals surface area contributed by atoms with E-state index in [2.05, 4.69) is 40.4 Å². The van der Waals surface area contributed by atoms with Crippen LogP contribution in [0.25, 0.3) is 27.5 Å². The molecule has 0 N–H and O–H groups in total. The van der Waals surface area contributed by atoms with Crippen LogP contribution in [0.3, 0.4) is 0 Å². The average molecular weight is 884 g/mol. The molecule has 56 heavy (non-hydrogen) atoms. The Kier molecular flexibility index (Phi) is 11.3. The van der Waals surface area contributed by atoms with Crippen molar-refractivity contribution in [2.75, 3.05) is 0 Å². The number of fused-ring (bicyclic) bond motifs is 3. The summed E-state index contributed by atoms with van der Waals surface area (Å²) in [5, 5.41) is 4.21. The van der Waals surface area contributed by atoms with Gasteiger partial charge in [0, 0.05) is 95.6 Å². The first kappa shape index (κ1) is 38.6. The van der Waals surface area contributed by atoms with Crippen molar-refractivity contribution >= 4 is 115 Å². The van der Waals surface area contributed by atoms with Crippen molar-refractivity contribution in [2.45, 2.75) is 0 Å². The number of rotatable bonds is 4. The van der Waals surface area contributed by atoms with E-state index in [0.717, 1.165) is 44.1 Å². The fourth-order valence-electron chi connectivity index (χ4n) is 6.65. The van der Waals surface area contributed by atoms with E-state index < -0.39 is 0 Å². The number of hydrogen-bond acceptors (Lipinski definition) is 0. The Morgan fingerprint density at radius 1 is 0.357 bits per heavy atom. The molecule has 0 saturated carbocycles. The maximum absolute atomic E-state index is 7.29. The zero-order valence-corrected chi connectivity index (χ0v) is 34.7. The molecule has 1 nitrogen and oxygen atoms in total. The van der Waals surface area contributed by atoms with Gasteiger partial charge in [-0.15, -0.1) is 0 Å². The third-order valence-corrected chi connectivity index (χ3v) is 11.3. The summed E-state index contributed by atoms with van der Waals surface area (Å²) in [6.07, 6.45) is 0. The molecule has 0 fully saturated rings. The fraction of sp³-hybridized carbons (Fsp3) is 0. The molecule has 8 aromatic rings. The highest BCUT2D eigenvalue weighted by molar-refractivity contribution is 6.43. The Hall–Kier alpha value is -4.22. The van der Waals surface area contributed by atoms with Crippen molar-refractivity contribution in [3.8, 4) is 29.4 Å². The number of halogens is 8. The molecule has 0 amide bonds. The van der Waals surface area contributed by atoms with Crippen LogP contribution in [0.15, 0.2) is 133 Å². The molecule has 271 valence electrons. The van der Waals surface area contributed by atoms with Gasteiger partial charge in [0.1, 0.15) is 0 Å². The summed E-state index contributed by atoms with van der Waals surface area (Å²) in [6, 6.07) is 42.0. The van der Waals surface area contributed by atoms with Crippen LogP contribution < -0.4 is 0 Å². The minimum atomic E-state index is 0.246. The molecule has 1 aromatic heterocycles. The van der Waals surface area contributed by atoms with Crippen LogP contribution in [0.5, 0.6) is 0 Å². The smallest absolute Gasteiger partial charge is 0.0720 e. The van der Waals surface area contributed by atoms with Crippen LogP contribution in [0.2, 0.25) is 40.2 Å². The lowest BCUT2D eigenvalue weighted by Crippen LogP contribution is -2.10. The standard InChI is InChI=1S/C47H22Cl8N/c48-31-21-36(50)44(37(51)22-31)47(45-38(52)23-32(49)24-39(45)53)46-40(54)25-33(26-41(46)55)56-42-17-15-29(13-11-27-7-3-1-4-8-27)19-34(42)35-20-30(16-18-43(35)56)14-12-28-9-5-2-6-10-28/h1-10,15-26H. The fourth-order valence-corrected chi connectivity index (χ4v) is 9.33. The van der Waals surface area contributed by atoms with E-state index in [4.69, 9.17) is 92.8 Å². The zero-order valence-electron chi connectivity index (χ0n) is 28.7. The van der Waals surface area contributed by atoms with Crippen molar-refractivity contribution in [1.29, 1.82) is 0 Å². The summed E-state index contributed by atoms with van der Waals surface area (Å²) in [5.41, 5.74) is 7.30. The van der Waals surface area contributed by atoms with Crippen LogP contribution in [0.4, 0.5) is 0 Å². The number of aromatic nitrogens is 1. The highest BCUT2D eigenvalue weighted by Crippen LogP contribution is 2.50. The molecule has 0 aliphatic carbocycles. The minimum Gasteiger partial charge on any atom is -0.309 e. The van der Waals surface area contributed by atoms with Crippen LogP contribution in [0, 0.1) is 29.6 Å². The molecule has 1 heterocycles. The van der Waals surface area contributed by atoms with Crippen molar-refractivity contribution in [1.82, 2.24) is 4.57 Å². The van der Waals surface area contributed by atoms with Gasteiger partial charge in [-0.05, 0) is 97.1 Å². The predicted octanol–water partition coefficient (Wildman–Crippen LogP) is 15.8. The first-order valence-corrected chi connectivity index (χ1v) is 20.0. The van der Waals surface area contributed by atoms with Gasteiger partial charge < -0.3 is 4.57 Å². The molecule has 0 bridgehead atoms. The van der Waals surface area contributed by atoms with Gasteiger partial charge in [0.25, 0.3) is 0 Å². The van der Waals surface area contributed by atoms with Gasteiger partial charge in [0.15, 0.2) is 0 Å². The Balaban J connectivity index is 1.34. The van der Waals surface area contributed by atoms with Gasteiger partial charge in [-0.3, -0.25) is 0 Å². The Morgan fingerprint density at radius 3 is 1.07 bits per heavy atom. The molecular formula is C47H22Cl8N. The molecule has 0 saturated heterocycles. The van der Waals surface area contributed by atoms with E-state index in [0.29, 0.717) is 38.3 Å². The molecule has 9 heteroatoms. The molecule has 8 rings (SSSR count).